The maximum absolute atomic E-state index is 11.8. The highest BCUT2D eigenvalue weighted by Gasteiger charge is 2.17. The third-order valence-electron chi connectivity index (χ3n) is 3.67. The number of hydrogen-bond donors (Lipinski definition) is 1. The predicted octanol–water partition coefficient (Wildman–Crippen LogP) is 4.23. The number of aliphatic carboxylic acids is 1. The zero-order valence-corrected chi connectivity index (χ0v) is 15.5. The third-order valence-corrected chi connectivity index (χ3v) is 3.67. The van der Waals surface area contributed by atoms with Crippen LogP contribution in [0.5, 0.6) is 0 Å². The van der Waals surface area contributed by atoms with E-state index in [1.165, 1.54) is 6.42 Å². The Hall–Kier alpha value is -1.85. The van der Waals surface area contributed by atoms with Gasteiger partial charge in [-0.2, -0.15) is 0 Å². The van der Waals surface area contributed by atoms with Crippen LogP contribution in [0.3, 0.4) is 0 Å². The molecule has 0 aliphatic carbocycles. The predicted molar refractivity (Wildman–Crippen MR) is 94.8 cm³/mol. The van der Waals surface area contributed by atoms with Gasteiger partial charge in [-0.25, -0.2) is 4.79 Å². The van der Waals surface area contributed by atoms with E-state index in [1.54, 1.807) is 0 Å². The van der Waals surface area contributed by atoms with Gasteiger partial charge in [0, 0.05) is 25.3 Å². The van der Waals surface area contributed by atoms with Crippen molar-refractivity contribution in [2.24, 2.45) is 5.92 Å². The lowest BCUT2D eigenvalue weighted by Gasteiger charge is -2.17. The summed E-state index contributed by atoms with van der Waals surface area (Å²) in [5.74, 6) is -1.29. The van der Waals surface area contributed by atoms with Gasteiger partial charge < -0.3 is 14.6 Å². The highest BCUT2D eigenvalue weighted by atomic mass is 16.7. The standard InChI is InChI=1S/C19H32O6/c1-4-17(22)24-19(14-8-6-5-7-11-15(2)3)25-18(23)13-10-9-12-16(20)21/h4,15,19H,1,5-14H2,2-3H3,(H,20,21). The lowest BCUT2D eigenvalue weighted by molar-refractivity contribution is -0.186. The number of ether oxygens (including phenoxy) is 2. The van der Waals surface area contributed by atoms with E-state index in [0.29, 0.717) is 25.2 Å². The minimum Gasteiger partial charge on any atom is -0.481 e. The molecule has 1 N–H and O–H groups in total. The van der Waals surface area contributed by atoms with Crippen LogP contribution in [0.4, 0.5) is 0 Å². The molecule has 0 aromatic carbocycles. The van der Waals surface area contributed by atoms with Crippen LogP contribution in [-0.2, 0) is 23.9 Å². The highest BCUT2D eigenvalue weighted by molar-refractivity contribution is 5.81. The van der Waals surface area contributed by atoms with E-state index in [2.05, 4.69) is 20.4 Å². The van der Waals surface area contributed by atoms with Gasteiger partial charge in [-0.05, 0) is 25.2 Å². The lowest BCUT2D eigenvalue weighted by atomic mass is 10.0. The van der Waals surface area contributed by atoms with Crippen LogP contribution in [0.15, 0.2) is 12.7 Å². The molecule has 0 aromatic rings. The Morgan fingerprint density at radius 3 is 2.08 bits per heavy atom. The average molecular weight is 356 g/mol. The summed E-state index contributed by atoms with van der Waals surface area (Å²) in [6, 6.07) is 0. The molecule has 6 heteroatoms. The van der Waals surface area contributed by atoms with Crippen molar-refractivity contribution in [2.45, 2.75) is 84.3 Å². The van der Waals surface area contributed by atoms with Crippen molar-refractivity contribution in [3.05, 3.63) is 12.7 Å². The van der Waals surface area contributed by atoms with Gasteiger partial charge in [0.25, 0.3) is 0 Å². The fourth-order valence-electron chi connectivity index (χ4n) is 2.29. The number of hydrogen-bond acceptors (Lipinski definition) is 5. The topological polar surface area (TPSA) is 89.9 Å². The van der Waals surface area contributed by atoms with Gasteiger partial charge >= 0.3 is 17.9 Å². The number of carbonyl (C=O) groups is 3. The molecule has 0 spiro atoms. The normalized spacial score (nSPS) is 11.8. The van der Waals surface area contributed by atoms with Crippen LogP contribution in [0.2, 0.25) is 0 Å². The van der Waals surface area contributed by atoms with Gasteiger partial charge in [-0.1, -0.05) is 46.1 Å². The molecule has 0 aromatic heterocycles. The monoisotopic (exact) mass is 356 g/mol. The van der Waals surface area contributed by atoms with E-state index < -0.39 is 24.2 Å². The number of esters is 2. The van der Waals surface area contributed by atoms with Crippen molar-refractivity contribution in [2.75, 3.05) is 0 Å². The molecule has 0 rings (SSSR count). The van der Waals surface area contributed by atoms with E-state index in [1.807, 2.05) is 0 Å². The minimum atomic E-state index is -0.900. The van der Waals surface area contributed by atoms with Crippen LogP contribution in [0.25, 0.3) is 0 Å². The Bertz CT molecular complexity index is 416. The smallest absolute Gasteiger partial charge is 0.333 e. The minimum absolute atomic E-state index is 0.0263. The maximum atomic E-state index is 11.8. The van der Waals surface area contributed by atoms with Gasteiger partial charge in [0.1, 0.15) is 0 Å². The molecular weight excluding hydrogens is 324 g/mol. The molecule has 0 aliphatic rings. The molecule has 0 aliphatic heterocycles. The lowest BCUT2D eigenvalue weighted by Crippen LogP contribution is -2.24. The number of unbranched alkanes of at least 4 members (excludes halogenated alkanes) is 4. The Morgan fingerprint density at radius 1 is 0.920 bits per heavy atom. The number of carboxylic acids is 1. The van der Waals surface area contributed by atoms with Gasteiger partial charge in [0.05, 0.1) is 0 Å². The van der Waals surface area contributed by atoms with E-state index >= 15 is 0 Å². The summed E-state index contributed by atoms with van der Waals surface area (Å²) >= 11 is 0. The second kappa shape index (κ2) is 14.5. The Labute approximate surface area is 150 Å². The first-order chi connectivity index (χ1) is 11.8. The van der Waals surface area contributed by atoms with Crippen molar-refractivity contribution in [1.82, 2.24) is 0 Å². The molecule has 25 heavy (non-hydrogen) atoms. The molecule has 0 saturated heterocycles. The van der Waals surface area contributed by atoms with Gasteiger partial charge in [-0.3, -0.25) is 9.59 Å². The fourth-order valence-corrected chi connectivity index (χ4v) is 2.29. The molecule has 0 fully saturated rings. The first-order valence-electron chi connectivity index (χ1n) is 9.09. The fraction of sp³-hybridized carbons (Fsp3) is 0.737. The summed E-state index contributed by atoms with van der Waals surface area (Å²) in [6.45, 7) is 7.73. The zero-order chi connectivity index (χ0) is 19.1. The zero-order valence-electron chi connectivity index (χ0n) is 15.5. The summed E-state index contributed by atoms with van der Waals surface area (Å²) in [7, 11) is 0. The van der Waals surface area contributed by atoms with Crippen LogP contribution in [0.1, 0.15) is 78.1 Å². The summed E-state index contributed by atoms with van der Waals surface area (Å²) < 4.78 is 10.3. The molecule has 0 saturated carbocycles. The number of carbonyl (C=O) groups excluding carboxylic acids is 2. The molecule has 0 bridgehead atoms. The summed E-state index contributed by atoms with van der Waals surface area (Å²) in [4.78, 5) is 33.6. The summed E-state index contributed by atoms with van der Waals surface area (Å²) in [6.07, 6.45) is 6.84. The molecule has 0 amide bonds. The van der Waals surface area contributed by atoms with Crippen molar-refractivity contribution < 1.29 is 29.0 Å². The van der Waals surface area contributed by atoms with Crippen molar-refractivity contribution in [3.8, 4) is 0 Å². The SMILES string of the molecule is C=CC(=O)OC(CCCCCCC(C)C)OC(=O)CCCCC(=O)O. The van der Waals surface area contributed by atoms with E-state index in [9.17, 15) is 14.4 Å². The largest absolute Gasteiger partial charge is 0.481 e. The molecule has 144 valence electrons. The van der Waals surface area contributed by atoms with Gasteiger partial charge in [0.2, 0.25) is 6.29 Å². The Morgan fingerprint density at radius 2 is 1.52 bits per heavy atom. The van der Waals surface area contributed by atoms with Gasteiger partial charge in [-0.15, -0.1) is 0 Å². The van der Waals surface area contributed by atoms with E-state index in [0.717, 1.165) is 31.8 Å². The number of carboxylic acid groups (broad SMARTS) is 1. The molecule has 1 atom stereocenters. The summed E-state index contributed by atoms with van der Waals surface area (Å²) in [5, 5.41) is 8.56. The average Bonchev–Trinajstić information content (AvgIpc) is 2.54. The van der Waals surface area contributed by atoms with Gasteiger partial charge in [0.15, 0.2) is 0 Å². The van der Waals surface area contributed by atoms with Crippen molar-refractivity contribution >= 4 is 17.9 Å². The molecule has 6 nitrogen and oxygen atoms in total. The molecule has 0 radical (unpaired) electrons. The van der Waals surface area contributed by atoms with Crippen molar-refractivity contribution in [1.29, 1.82) is 0 Å². The number of rotatable bonds is 15. The highest BCUT2D eigenvalue weighted by Crippen LogP contribution is 2.14. The van der Waals surface area contributed by atoms with Crippen LogP contribution < -0.4 is 0 Å². The molecule has 0 heterocycles. The quantitative estimate of drug-likeness (QED) is 0.204. The van der Waals surface area contributed by atoms with Crippen LogP contribution >= 0.6 is 0 Å². The van der Waals surface area contributed by atoms with Crippen LogP contribution in [-0.4, -0.2) is 29.3 Å². The third kappa shape index (κ3) is 15.4. The summed E-state index contributed by atoms with van der Waals surface area (Å²) in [5.41, 5.74) is 0. The van der Waals surface area contributed by atoms with Crippen LogP contribution in [0, 0.1) is 5.92 Å². The Kier molecular flexibility index (Phi) is 13.4. The van der Waals surface area contributed by atoms with Crippen molar-refractivity contribution in [3.63, 3.8) is 0 Å². The molecular formula is C19H32O6. The molecule has 1 unspecified atom stereocenters. The van der Waals surface area contributed by atoms with E-state index in [-0.39, 0.29) is 12.8 Å². The maximum Gasteiger partial charge on any atom is 0.333 e. The second-order valence-corrected chi connectivity index (χ2v) is 6.55. The first-order valence-corrected chi connectivity index (χ1v) is 9.09. The Balaban J connectivity index is 4.10. The first kappa shape index (κ1) is 23.1. The second-order valence-electron chi connectivity index (χ2n) is 6.55. The van der Waals surface area contributed by atoms with E-state index in [4.69, 9.17) is 14.6 Å².